The highest BCUT2D eigenvalue weighted by Crippen LogP contribution is 2.38. The number of nitrogens with zero attached hydrogens (tertiary/aromatic N) is 2. The number of aromatic nitrogens is 1. The first-order chi connectivity index (χ1) is 8.91. The van der Waals surface area contributed by atoms with Crippen LogP contribution in [0.4, 0.5) is 10.1 Å². The predicted molar refractivity (Wildman–Crippen MR) is 71.3 cm³/mol. The summed E-state index contributed by atoms with van der Waals surface area (Å²) in [5, 5.41) is 11.1. The average Bonchev–Trinajstić information content (AvgIpc) is 2.37. The summed E-state index contributed by atoms with van der Waals surface area (Å²) in [7, 11) is 0. The minimum atomic E-state index is -1.16. The Morgan fingerprint density at radius 1 is 1.21 bits per heavy atom. The van der Waals surface area contributed by atoms with Crippen molar-refractivity contribution in [2.24, 2.45) is 0 Å². The van der Waals surface area contributed by atoms with Gasteiger partial charge in [-0.15, -0.1) is 0 Å². The molecule has 0 radical (unpaired) electrons. The second kappa shape index (κ2) is 5.28. The van der Waals surface area contributed by atoms with Crippen molar-refractivity contribution in [3.05, 3.63) is 55.5 Å². The quantitative estimate of drug-likeness (QED) is 0.347. The van der Waals surface area contributed by atoms with Crippen molar-refractivity contribution < 1.29 is 9.31 Å². The first-order valence-electron chi connectivity index (χ1n) is 4.85. The van der Waals surface area contributed by atoms with Crippen LogP contribution in [0.25, 0.3) is 11.1 Å². The molecule has 0 amide bonds. The summed E-state index contributed by atoms with van der Waals surface area (Å²) in [5.74, 6) is -1.16. The van der Waals surface area contributed by atoms with E-state index in [-0.39, 0.29) is 20.6 Å². The lowest BCUT2D eigenvalue weighted by Gasteiger charge is -2.07. The van der Waals surface area contributed by atoms with Crippen molar-refractivity contribution >= 4 is 40.5 Å². The third-order valence-electron chi connectivity index (χ3n) is 2.36. The lowest BCUT2D eigenvalue weighted by molar-refractivity contribution is -0.388. The Hall–Kier alpha value is -1.43. The van der Waals surface area contributed by atoms with Gasteiger partial charge in [0.05, 0.1) is 20.0 Å². The highest BCUT2D eigenvalue weighted by molar-refractivity contribution is 6.49. The molecule has 0 saturated heterocycles. The van der Waals surface area contributed by atoms with Gasteiger partial charge in [-0.25, -0.2) is 4.98 Å². The standard InChI is InChI=1S/C11H4Cl3FN2O2/c12-7-2-1-6(9(13)10(7)14)5-3-8(17(18)19)11(15)16-4-5/h1-4H. The summed E-state index contributed by atoms with van der Waals surface area (Å²) in [5.41, 5.74) is -0.0806. The van der Waals surface area contributed by atoms with Crippen LogP contribution in [0.3, 0.4) is 0 Å². The van der Waals surface area contributed by atoms with Gasteiger partial charge in [0, 0.05) is 23.4 Å². The molecule has 1 aromatic carbocycles. The summed E-state index contributed by atoms with van der Waals surface area (Å²) in [6, 6.07) is 4.04. The molecule has 0 saturated carbocycles. The number of hydrogen-bond acceptors (Lipinski definition) is 3. The maximum absolute atomic E-state index is 13.1. The molecule has 4 nitrogen and oxygen atoms in total. The number of rotatable bonds is 2. The summed E-state index contributed by atoms with van der Waals surface area (Å²) in [4.78, 5) is 13.1. The maximum atomic E-state index is 13.1. The van der Waals surface area contributed by atoms with Gasteiger partial charge in [0.1, 0.15) is 0 Å². The lowest BCUT2D eigenvalue weighted by Crippen LogP contribution is -1.96. The van der Waals surface area contributed by atoms with Crippen molar-refractivity contribution in [3.8, 4) is 11.1 Å². The van der Waals surface area contributed by atoms with E-state index in [1.54, 1.807) is 0 Å². The van der Waals surface area contributed by atoms with Gasteiger partial charge in [-0.3, -0.25) is 10.1 Å². The fourth-order valence-corrected chi connectivity index (χ4v) is 2.11. The number of hydrogen-bond donors (Lipinski definition) is 0. The van der Waals surface area contributed by atoms with Crippen molar-refractivity contribution in [2.75, 3.05) is 0 Å². The van der Waals surface area contributed by atoms with Crippen LogP contribution in [0.1, 0.15) is 0 Å². The molecular weight excluding hydrogens is 317 g/mol. The number of pyridine rings is 1. The smallest absolute Gasteiger partial charge is 0.258 e. The van der Waals surface area contributed by atoms with Gasteiger partial charge in [0.25, 0.3) is 5.95 Å². The highest BCUT2D eigenvalue weighted by atomic mass is 35.5. The van der Waals surface area contributed by atoms with E-state index in [2.05, 4.69) is 4.98 Å². The summed E-state index contributed by atoms with van der Waals surface area (Å²) in [6.45, 7) is 0. The van der Waals surface area contributed by atoms with Gasteiger partial charge in [0.2, 0.25) is 0 Å². The fourth-order valence-electron chi connectivity index (χ4n) is 1.46. The summed E-state index contributed by atoms with van der Waals surface area (Å²) >= 11 is 17.7. The minimum absolute atomic E-state index is 0.118. The van der Waals surface area contributed by atoms with Gasteiger partial charge < -0.3 is 0 Å². The van der Waals surface area contributed by atoms with E-state index < -0.39 is 16.6 Å². The van der Waals surface area contributed by atoms with E-state index in [4.69, 9.17) is 34.8 Å². The highest BCUT2D eigenvalue weighted by Gasteiger charge is 2.18. The third kappa shape index (κ3) is 2.63. The van der Waals surface area contributed by atoms with Crippen LogP contribution >= 0.6 is 34.8 Å². The van der Waals surface area contributed by atoms with E-state index in [1.807, 2.05) is 0 Å². The molecule has 98 valence electrons. The molecule has 0 aliphatic carbocycles. The van der Waals surface area contributed by atoms with Crippen LogP contribution < -0.4 is 0 Å². The van der Waals surface area contributed by atoms with Gasteiger partial charge in [-0.2, -0.15) is 4.39 Å². The van der Waals surface area contributed by atoms with E-state index in [0.29, 0.717) is 5.56 Å². The number of benzene rings is 1. The van der Waals surface area contributed by atoms with Crippen LogP contribution in [0, 0.1) is 16.1 Å². The van der Waals surface area contributed by atoms with Crippen LogP contribution in [-0.2, 0) is 0 Å². The molecular formula is C11H4Cl3FN2O2. The summed E-state index contributed by atoms with van der Waals surface area (Å²) in [6.07, 6.45) is 1.13. The molecule has 0 unspecified atom stereocenters. The molecule has 2 rings (SSSR count). The SMILES string of the molecule is O=[N+]([O-])c1cc(-c2ccc(Cl)c(Cl)c2Cl)cnc1F. The Morgan fingerprint density at radius 3 is 2.53 bits per heavy atom. The first kappa shape index (κ1) is 14.0. The van der Waals surface area contributed by atoms with Crippen LogP contribution in [0.2, 0.25) is 15.1 Å². The van der Waals surface area contributed by atoms with Crippen LogP contribution in [0.15, 0.2) is 24.4 Å². The monoisotopic (exact) mass is 320 g/mol. The predicted octanol–water partition coefficient (Wildman–Crippen LogP) is 4.76. The summed E-state index contributed by atoms with van der Waals surface area (Å²) < 4.78 is 13.1. The van der Waals surface area contributed by atoms with E-state index in [0.717, 1.165) is 12.3 Å². The molecule has 0 bridgehead atoms. The normalized spacial score (nSPS) is 10.5. The van der Waals surface area contributed by atoms with E-state index in [1.165, 1.54) is 12.1 Å². The molecule has 0 aliphatic heterocycles. The maximum Gasteiger partial charge on any atom is 0.324 e. The Bertz CT molecular complexity index is 679. The zero-order chi connectivity index (χ0) is 14.2. The van der Waals surface area contributed by atoms with E-state index >= 15 is 0 Å². The molecule has 0 aliphatic rings. The molecule has 0 spiro atoms. The van der Waals surface area contributed by atoms with Gasteiger partial charge >= 0.3 is 5.69 Å². The molecule has 0 atom stereocenters. The Morgan fingerprint density at radius 2 is 1.89 bits per heavy atom. The van der Waals surface area contributed by atoms with Crippen molar-refractivity contribution in [1.82, 2.24) is 4.98 Å². The lowest BCUT2D eigenvalue weighted by atomic mass is 10.1. The van der Waals surface area contributed by atoms with Gasteiger partial charge in [-0.1, -0.05) is 40.9 Å². The molecule has 0 fully saturated rings. The Balaban J connectivity index is 2.63. The van der Waals surface area contributed by atoms with Crippen LogP contribution in [-0.4, -0.2) is 9.91 Å². The zero-order valence-electron chi connectivity index (χ0n) is 9.03. The molecule has 2 aromatic rings. The number of nitro groups is 1. The van der Waals surface area contributed by atoms with Crippen LogP contribution in [0.5, 0.6) is 0 Å². The zero-order valence-corrected chi connectivity index (χ0v) is 11.3. The van der Waals surface area contributed by atoms with E-state index in [9.17, 15) is 14.5 Å². The molecule has 1 heterocycles. The fraction of sp³-hybridized carbons (Fsp3) is 0. The van der Waals surface area contributed by atoms with Crippen molar-refractivity contribution in [2.45, 2.75) is 0 Å². The van der Waals surface area contributed by atoms with Gasteiger partial charge in [0.15, 0.2) is 0 Å². The topological polar surface area (TPSA) is 56.0 Å². The number of halogens is 4. The Kier molecular flexibility index (Phi) is 3.89. The molecule has 8 heteroatoms. The first-order valence-corrected chi connectivity index (χ1v) is 5.99. The molecule has 1 aromatic heterocycles. The van der Waals surface area contributed by atoms with Crippen molar-refractivity contribution in [1.29, 1.82) is 0 Å². The minimum Gasteiger partial charge on any atom is -0.258 e. The second-order valence-electron chi connectivity index (χ2n) is 3.51. The average molecular weight is 322 g/mol. The largest absolute Gasteiger partial charge is 0.324 e. The molecule has 19 heavy (non-hydrogen) atoms. The third-order valence-corrected chi connectivity index (χ3v) is 3.66. The van der Waals surface area contributed by atoms with Crippen molar-refractivity contribution in [3.63, 3.8) is 0 Å². The second-order valence-corrected chi connectivity index (χ2v) is 4.68. The van der Waals surface area contributed by atoms with Gasteiger partial charge in [-0.05, 0) is 6.07 Å². The Labute approximate surface area is 121 Å². The molecule has 0 N–H and O–H groups in total.